The highest BCUT2D eigenvalue weighted by Gasteiger charge is 2.30. The normalized spacial score (nSPS) is 20.5. The first-order valence-corrected chi connectivity index (χ1v) is 10.9. The molecule has 23 heavy (non-hydrogen) atoms. The smallest absolute Gasteiger partial charge is 0.243 e. The second-order valence-corrected chi connectivity index (χ2v) is 10.0. The fourth-order valence-electron chi connectivity index (χ4n) is 2.84. The highest BCUT2D eigenvalue weighted by atomic mass is 32.2. The molecule has 1 fully saturated rings. The number of nitrogens with one attached hydrogen (secondary N) is 1. The van der Waals surface area contributed by atoms with Crippen molar-refractivity contribution < 1.29 is 16.8 Å². The van der Waals surface area contributed by atoms with Crippen LogP contribution in [0.15, 0.2) is 34.1 Å². The van der Waals surface area contributed by atoms with E-state index in [1.165, 1.54) is 28.6 Å². The second kappa shape index (κ2) is 7.29. The topological polar surface area (TPSA) is 83.5 Å². The molecule has 1 saturated heterocycles. The number of hydrogen-bond donors (Lipinski definition) is 1. The third-order valence-corrected chi connectivity index (χ3v) is 7.75. The van der Waals surface area contributed by atoms with Gasteiger partial charge in [0, 0.05) is 13.1 Å². The zero-order valence-electron chi connectivity index (χ0n) is 13.5. The molecule has 0 spiro atoms. The highest BCUT2D eigenvalue weighted by Crippen LogP contribution is 2.25. The van der Waals surface area contributed by atoms with E-state index in [1.807, 2.05) is 7.05 Å². The molecule has 1 N–H and O–H groups in total. The average molecular weight is 361 g/mol. The molecule has 1 aliphatic rings. The molecule has 0 unspecified atom stereocenters. The number of nitrogens with zero attached hydrogens (tertiary/aromatic N) is 1. The van der Waals surface area contributed by atoms with Gasteiger partial charge in [-0.05, 0) is 50.6 Å². The monoisotopic (exact) mass is 360 g/mol. The van der Waals surface area contributed by atoms with Crippen LogP contribution < -0.4 is 5.32 Å². The van der Waals surface area contributed by atoms with Crippen molar-refractivity contribution in [1.29, 1.82) is 0 Å². The van der Waals surface area contributed by atoms with E-state index in [9.17, 15) is 16.8 Å². The van der Waals surface area contributed by atoms with Gasteiger partial charge in [-0.15, -0.1) is 0 Å². The Morgan fingerprint density at radius 2 is 1.91 bits per heavy atom. The number of benzene rings is 1. The molecule has 0 radical (unpaired) electrons. The van der Waals surface area contributed by atoms with Gasteiger partial charge in [0.05, 0.1) is 15.5 Å². The summed E-state index contributed by atoms with van der Waals surface area (Å²) in [5, 5.41) is 3.08. The molecule has 0 saturated carbocycles. The summed E-state index contributed by atoms with van der Waals surface area (Å²) < 4.78 is 51.1. The van der Waals surface area contributed by atoms with Crippen molar-refractivity contribution in [3.63, 3.8) is 0 Å². The Bertz CT molecular complexity index is 742. The molecule has 1 aliphatic heterocycles. The summed E-state index contributed by atoms with van der Waals surface area (Å²) in [6.45, 7) is 3.26. The van der Waals surface area contributed by atoms with Gasteiger partial charge < -0.3 is 5.32 Å². The van der Waals surface area contributed by atoms with Crippen LogP contribution in [-0.4, -0.2) is 53.6 Å². The van der Waals surface area contributed by atoms with Gasteiger partial charge in [0.1, 0.15) is 0 Å². The standard InChI is InChI=1S/C15H24N2O4S2/c1-3-22(18,19)14-7-4-8-15(10-14)23(20,21)17-9-5-6-13(12-17)11-16-2/h4,7-8,10,13,16H,3,5-6,9,11-12H2,1-2H3/t13-/m0/s1. The molecule has 1 aromatic rings. The minimum atomic E-state index is -3.66. The van der Waals surface area contributed by atoms with E-state index in [-0.39, 0.29) is 21.5 Å². The lowest BCUT2D eigenvalue weighted by Crippen LogP contribution is -2.42. The number of hydrogen-bond acceptors (Lipinski definition) is 5. The van der Waals surface area contributed by atoms with Crippen LogP contribution in [0.4, 0.5) is 0 Å². The zero-order chi connectivity index (χ0) is 17.1. The summed E-state index contributed by atoms with van der Waals surface area (Å²) in [4.78, 5) is 0.113. The van der Waals surface area contributed by atoms with Gasteiger partial charge in [-0.1, -0.05) is 13.0 Å². The fraction of sp³-hybridized carbons (Fsp3) is 0.600. The van der Waals surface area contributed by atoms with Gasteiger partial charge in [0.15, 0.2) is 9.84 Å². The Hall–Kier alpha value is -0.960. The third kappa shape index (κ3) is 4.12. The van der Waals surface area contributed by atoms with E-state index in [1.54, 1.807) is 6.92 Å². The van der Waals surface area contributed by atoms with E-state index in [0.29, 0.717) is 13.1 Å². The zero-order valence-corrected chi connectivity index (χ0v) is 15.2. The van der Waals surface area contributed by atoms with E-state index >= 15 is 0 Å². The van der Waals surface area contributed by atoms with Gasteiger partial charge in [-0.3, -0.25) is 0 Å². The molecule has 1 aromatic carbocycles. The van der Waals surface area contributed by atoms with Crippen molar-refractivity contribution in [3.05, 3.63) is 24.3 Å². The predicted molar refractivity (Wildman–Crippen MR) is 89.6 cm³/mol. The molecule has 0 aliphatic carbocycles. The van der Waals surface area contributed by atoms with Crippen LogP contribution in [0.5, 0.6) is 0 Å². The first-order chi connectivity index (χ1) is 10.8. The van der Waals surface area contributed by atoms with Crippen molar-refractivity contribution >= 4 is 19.9 Å². The van der Waals surface area contributed by atoms with E-state index in [0.717, 1.165) is 19.4 Å². The molecule has 6 nitrogen and oxygen atoms in total. The molecule has 0 bridgehead atoms. The number of piperidine rings is 1. The summed E-state index contributed by atoms with van der Waals surface area (Å²) in [6.07, 6.45) is 1.82. The summed E-state index contributed by atoms with van der Waals surface area (Å²) in [5.74, 6) is 0.232. The third-order valence-electron chi connectivity index (χ3n) is 4.16. The lowest BCUT2D eigenvalue weighted by atomic mass is 10.00. The number of rotatable bonds is 6. The van der Waals surface area contributed by atoms with Crippen molar-refractivity contribution in [1.82, 2.24) is 9.62 Å². The van der Waals surface area contributed by atoms with E-state index in [4.69, 9.17) is 0 Å². The fourth-order valence-corrected chi connectivity index (χ4v) is 5.45. The largest absolute Gasteiger partial charge is 0.319 e. The molecule has 130 valence electrons. The number of sulfonamides is 1. The molecule has 1 atom stereocenters. The van der Waals surface area contributed by atoms with Gasteiger partial charge in [-0.2, -0.15) is 4.31 Å². The van der Waals surface area contributed by atoms with Crippen LogP contribution in [0, 0.1) is 5.92 Å². The average Bonchev–Trinajstić information content (AvgIpc) is 2.55. The quantitative estimate of drug-likeness (QED) is 0.821. The highest BCUT2D eigenvalue weighted by molar-refractivity contribution is 7.91. The predicted octanol–water partition coefficient (Wildman–Crippen LogP) is 1.10. The first-order valence-electron chi connectivity index (χ1n) is 7.79. The van der Waals surface area contributed by atoms with Crippen LogP contribution in [0.3, 0.4) is 0 Å². The summed E-state index contributed by atoms with van der Waals surface area (Å²) in [6, 6.07) is 5.67. The Morgan fingerprint density at radius 1 is 1.22 bits per heavy atom. The van der Waals surface area contributed by atoms with Crippen LogP contribution in [0.1, 0.15) is 19.8 Å². The lowest BCUT2D eigenvalue weighted by molar-refractivity contribution is 0.263. The number of sulfone groups is 1. The van der Waals surface area contributed by atoms with Crippen molar-refractivity contribution in [2.75, 3.05) is 32.4 Å². The molecular formula is C15H24N2O4S2. The Labute approximate surface area is 138 Å². The first kappa shape index (κ1) is 18.4. The van der Waals surface area contributed by atoms with Crippen molar-refractivity contribution in [3.8, 4) is 0 Å². The maximum absolute atomic E-state index is 12.8. The van der Waals surface area contributed by atoms with Crippen LogP contribution in [-0.2, 0) is 19.9 Å². The molecule has 8 heteroatoms. The molecular weight excluding hydrogens is 336 g/mol. The van der Waals surface area contributed by atoms with Crippen molar-refractivity contribution in [2.24, 2.45) is 5.92 Å². The summed E-state index contributed by atoms with van der Waals surface area (Å²) >= 11 is 0. The molecule has 2 rings (SSSR count). The van der Waals surface area contributed by atoms with E-state index in [2.05, 4.69) is 5.32 Å². The molecule has 0 amide bonds. The Balaban J connectivity index is 2.31. The van der Waals surface area contributed by atoms with Gasteiger partial charge in [0.25, 0.3) is 0 Å². The van der Waals surface area contributed by atoms with Crippen LogP contribution in [0.2, 0.25) is 0 Å². The Kier molecular flexibility index (Phi) is 5.83. The Morgan fingerprint density at radius 3 is 2.57 bits per heavy atom. The van der Waals surface area contributed by atoms with E-state index < -0.39 is 19.9 Å². The van der Waals surface area contributed by atoms with Gasteiger partial charge in [-0.25, -0.2) is 16.8 Å². The van der Waals surface area contributed by atoms with Gasteiger partial charge >= 0.3 is 0 Å². The minimum absolute atomic E-state index is 0.0511. The molecule has 1 heterocycles. The summed E-state index contributed by atoms with van der Waals surface area (Å²) in [5.41, 5.74) is 0. The summed E-state index contributed by atoms with van der Waals surface area (Å²) in [7, 11) is -5.23. The van der Waals surface area contributed by atoms with Gasteiger partial charge in [0.2, 0.25) is 10.0 Å². The minimum Gasteiger partial charge on any atom is -0.319 e. The molecule has 0 aromatic heterocycles. The second-order valence-electron chi connectivity index (χ2n) is 5.81. The van der Waals surface area contributed by atoms with Crippen molar-refractivity contribution in [2.45, 2.75) is 29.6 Å². The maximum Gasteiger partial charge on any atom is 0.243 e. The maximum atomic E-state index is 12.8. The lowest BCUT2D eigenvalue weighted by Gasteiger charge is -2.31. The van der Waals surface area contributed by atoms with Crippen LogP contribution >= 0.6 is 0 Å². The van der Waals surface area contributed by atoms with Crippen LogP contribution in [0.25, 0.3) is 0 Å². The SMILES string of the molecule is CCS(=O)(=O)c1cccc(S(=O)(=O)N2CCC[C@@H](CNC)C2)c1.